The van der Waals surface area contributed by atoms with Gasteiger partial charge >= 0.3 is 0 Å². The van der Waals surface area contributed by atoms with Crippen molar-refractivity contribution in [2.24, 2.45) is 5.41 Å². The van der Waals surface area contributed by atoms with Gasteiger partial charge in [0.2, 0.25) is 11.8 Å². The number of carbonyl (C=O) groups is 2. The highest BCUT2D eigenvalue weighted by molar-refractivity contribution is 8.01. The van der Waals surface area contributed by atoms with E-state index in [0.717, 1.165) is 6.42 Å². The molecule has 0 bridgehead atoms. The summed E-state index contributed by atoms with van der Waals surface area (Å²) in [5.41, 5.74) is 0.156. The van der Waals surface area contributed by atoms with Crippen molar-refractivity contribution < 1.29 is 9.59 Å². The molecule has 24 heavy (non-hydrogen) atoms. The number of rotatable bonds is 7. The number of hydrogen-bond donors (Lipinski definition) is 4. The Morgan fingerprint density at radius 2 is 2.00 bits per heavy atom. The highest BCUT2D eigenvalue weighted by atomic mass is 32.2. The third kappa shape index (κ3) is 6.19. The molecule has 1 rings (SSSR count). The van der Waals surface area contributed by atoms with Crippen molar-refractivity contribution in [1.29, 1.82) is 5.41 Å². The van der Waals surface area contributed by atoms with Gasteiger partial charge in [0.15, 0.2) is 0 Å². The number of nitrogens with one attached hydrogen (secondary N) is 4. The van der Waals surface area contributed by atoms with E-state index in [4.69, 9.17) is 5.41 Å². The molecular formula is C17H30N4O2S. The minimum Gasteiger partial charge on any atom is -0.375 e. The maximum atomic E-state index is 12.6. The Balaban J connectivity index is 2.64. The second-order valence-electron chi connectivity index (χ2n) is 7.55. The van der Waals surface area contributed by atoms with Crippen molar-refractivity contribution in [1.82, 2.24) is 16.0 Å². The predicted octanol–water partition coefficient (Wildman–Crippen LogP) is 2.02. The normalized spacial score (nSPS) is 19.0. The van der Waals surface area contributed by atoms with E-state index in [1.54, 1.807) is 13.1 Å². The van der Waals surface area contributed by atoms with Crippen LogP contribution in [0.25, 0.3) is 0 Å². The summed E-state index contributed by atoms with van der Waals surface area (Å²) >= 11 is 1.53. The monoisotopic (exact) mass is 354 g/mol. The Bertz CT molecular complexity index is 535. The first kappa shape index (κ1) is 20.5. The van der Waals surface area contributed by atoms with E-state index in [-0.39, 0.29) is 23.3 Å². The molecule has 7 heteroatoms. The lowest BCUT2D eigenvalue weighted by molar-refractivity contribution is -0.122. The zero-order chi connectivity index (χ0) is 18.5. The summed E-state index contributed by atoms with van der Waals surface area (Å²) in [6.45, 7) is 9.60. The van der Waals surface area contributed by atoms with Crippen molar-refractivity contribution in [3.05, 3.63) is 11.9 Å². The van der Waals surface area contributed by atoms with E-state index in [1.807, 2.05) is 34.6 Å². The quantitative estimate of drug-likeness (QED) is 0.526. The summed E-state index contributed by atoms with van der Waals surface area (Å²) in [6.07, 6.45) is 3.04. The summed E-state index contributed by atoms with van der Waals surface area (Å²) in [7, 11) is 1.72. The maximum absolute atomic E-state index is 12.6. The molecule has 1 aliphatic heterocycles. The molecule has 1 atom stereocenters. The van der Waals surface area contributed by atoms with E-state index in [2.05, 4.69) is 16.0 Å². The van der Waals surface area contributed by atoms with Crippen LogP contribution in [0, 0.1) is 10.8 Å². The fraction of sp³-hybridized carbons (Fsp3) is 0.706. The van der Waals surface area contributed by atoms with Gasteiger partial charge in [-0.15, -0.1) is 11.8 Å². The van der Waals surface area contributed by atoms with Gasteiger partial charge < -0.3 is 21.4 Å². The molecule has 1 fully saturated rings. The lowest BCUT2D eigenvalue weighted by Gasteiger charge is -2.26. The fourth-order valence-corrected chi connectivity index (χ4v) is 3.03. The van der Waals surface area contributed by atoms with Crippen molar-refractivity contribution >= 4 is 29.3 Å². The SMILES string of the molecule is CN/C(=C\C(=N)C(C)(C)C)NC(=O)C(C)(C)SC[C@@H]1CCC(=O)N1. The molecule has 1 saturated heterocycles. The first-order valence-corrected chi connectivity index (χ1v) is 9.17. The van der Waals surface area contributed by atoms with Crippen LogP contribution in [0.1, 0.15) is 47.5 Å². The van der Waals surface area contributed by atoms with Crippen LogP contribution in [0.2, 0.25) is 0 Å². The van der Waals surface area contributed by atoms with E-state index in [1.165, 1.54) is 11.8 Å². The lowest BCUT2D eigenvalue weighted by atomic mass is 9.90. The van der Waals surface area contributed by atoms with Crippen molar-refractivity contribution in [2.75, 3.05) is 12.8 Å². The molecule has 136 valence electrons. The Hall–Kier alpha value is -1.50. The average Bonchev–Trinajstić information content (AvgIpc) is 2.89. The maximum Gasteiger partial charge on any atom is 0.241 e. The van der Waals surface area contributed by atoms with Gasteiger partial charge in [0.05, 0.1) is 4.75 Å². The second-order valence-corrected chi connectivity index (χ2v) is 9.19. The Morgan fingerprint density at radius 3 is 2.46 bits per heavy atom. The van der Waals surface area contributed by atoms with Gasteiger partial charge in [-0.1, -0.05) is 20.8 Å². The third-order valence-corrected chi connectivity index (χ3v) is 5.37. The summed E-state index contributed by atoms with van der Waals surface area (Å²) in [4.78, 5) is 23.8. The second kappa shape index (κ2) is 8.05. The van der Waals surface area contributed by atoms with Crippen LogP contribution in [0.5, 0.6) is 0 Å². The van der Waals surface area contributed by atoms with Crippen LogP contribution in [-0.4, -0.2) is 41.1 Å². The molecule has 2 amide bonds. The molecule has 0 aromatic carbocycles. The zero-order valence-electron chi connectivity index (χ0n) is 15.5. The highest BCUT2D eigenvalue weighted by Gasteiger charge is 2.31. The van der Waals surface area contributed by atoms with Crippen LogP contribution in [0.4, 0.5) is 0 Å². The number of allylic oxidation sites excluding steroid dienone is 1. The number of amides is 2. The molecule has 0 unspecified atom stereocenters. The topological polar surface area (TPSA) is 94.1 Å². The van der Waals surface area contributed by atoms with Gasteiger partial charge in [-0.2, -0.15) is 0 Å². The number of thioether (sulfide) groups is 1. The minimum absolute atomic E-state index is 0.0870. The fourth-order valence-electron chi connectivity index (χ4n) is 1.98. The van der Waals surface area contributed by atoms with Gasteiger partial charge in [-0.3, -0.25) is 9.59 Å². The predicted molar refractivity (Wildman–Crippen MR) is 100 cm³/mol. The molecule has 0 spiro atoms. The molecule has 0 saturated carbocycles. The summed E-state index contributed by atoms with van der Waals surface area (Å²) < 4.78 is -0.632. The van der Waals surface area contributed by atoms with Gasteiger partial charge in [-0.05, 0) is 26.3 Å². The molecular weight excluding hydrogens is 324 g/mol. The Morgan fingerprint density at radius 1 is 1.38 bits per heavy atom. The van der Waals surface area contributed by atoms with Crippen LogP contribution >= 0.6 is 11.8 Å². The Labute approximate surface area is 149 Å². The number of hydrogen-bond acceptors (Lipinski definition) is 5. The van der Waals surface area contributed by atoms with Crippen LogP contribution in [-0.2, 0) is 9.59 Å². The molecule has 1 aliphatic rings. The molecule has 0 aromatic rings. The first-order valence-electron chi connectivity index (χ1n) is 8.19. The molecule has 0 radical (unpaired) electrons. The number of carbonyl (C=O) groups excluding carboxylic acids is 2. The van der Waals surface area contributed by atoms with Crippen molar-refractivity contribution in [2.45, 2.75) is 58.2 Å². The van der Waals surface area contributed by atoms with Crippen molar-refractivity contribution in [3.8, 4) is 0 Å². The standard InChI is InChI=1S/C17H30N4O2S/c1-16(2,3)12(18)9-13(19-6)21-15(23)17(4,5)24-10-11-7-8-14(22)20-11/h9,11,18-19H,7-8,10H2,1-6H3,(H,20,22)(H,21,23)/b13-9+,18-12?/t11-/m0/s1. The summed E-state index contributed by atoms with van der Waals surface area (Å²) in [5.74, 6) is 1.19. The summed E-state index contributed by atoms with van der Waals surface area (Å²) in [5, 5.41) is 16.8. The molecule has 0 aromatic heterocycles. The largest absolute Gasteiger partial charge is 0.375 e. The Kier molecular flexibility index (Phi) is 6.89. The van der Waals surface area contributed by atoms with Gasteiger partial charge in [0.1, 0.15) is 5.82 Å². The van der Waals surface area contributed by atoms with Gasteiger partial charge in [0, 0.05) is 36.4 Å². The summed E-state index contributed by atoms with van der Waals surface area (Å²) in [6, 6.07) is 0.142. The van der Waals surface area contributed by atoms with E-state index in [9.17, 15) is 9.59 Å². The molecule has 4 N–H and O–H groups in total. The van der Waals surface area contributed by atoms with Crippen LogP contribution < -0.4 is 16.0 Å². The molecule has 1 heterocycles. The smallest absolute Gasteiger partial charge is 0.241 e. The van der Waals surface area contributed by atoms with E-state index >= 15 is 0 Å². The first-order chi connectivity index (χ1) is 11.0. The lowest BCUT2D eigenvalue weighted by Crippen LogP contribution is -2.43. The van der Waals surface area contributed by atoms with Crippen LogP contribution in [0.15, 0.2) is 11.9 Å². The zero-order valence-corrected chi connectivity index (χ0v) is 16.3. The van der Waals surface area contributed by atoms with E-state index in [0.29, 0.717) is 23.7 Å². The van der Waals surface area contributed by atoms with Crippen molar-refractivity contribution in [3.63, 3.8) is 0 Å². The molecule has 6 nitrogen and oxygen atoms in total. The van der Waals surface area contributed by atoms with Gasteiger partial charge in [0.25, 0.3) is 0 Å². The van der Waals surface area contributed by atoms with Gasteiger partial charge in [-0.25, -0.2) is 0 Å². The van der Waals surface area contributed by atoms with E-state index < -0.39 is 4.75 Å². The highest BCUT2D eigenvalue weighted by Crippen LogP contribution is 2.27. The van der Waals surface area contributed by atoms with Crippen LogP contribution in [0.3, 0.4) is 0 Å². The third-order valence-electron chi connectivity index (χ3n) is 3.89. The molecule has 0 aliphatic carbocycles. The minimum atomic E-state index is -0.632. The average molecular weight is 355 g/mol.